The highest BCUT2D eigenvalue weighted by atomic mass is 16.5. The Hall–Kier alpha value is -2.66. The highest BCUT2D eigenvalue weighted by molar-refractivity contribution is 5.58. The Morgan fingerprint density at radius 2 is 2.04 bits per heavy atom. The second-order valence-electron chi connectivity index (χ2n) is 7.04. The van der Waals surface area contributed by atoms with Gasteiger partial charge in [0.15, 0.2) is 5.76 Å². The first kappa shape index (κ1) is 17.7. The first-order valence-electron chi connectivity index (χ1n) is 9.57. The zero-order valence-corrected chi connectivity index (χ0v) is 15.7. The van der Waals surface area contributed by atoms with Gasteiger partial charge in [0, 0.05) is 30.6 Å². The zero-order valence-electron chi connectivity index (χ0n) is 15.7. The van der Waals surface area contributed by atoms with Crippen LogP contribution in [0, 0.1) is 0 Å². The Kier molecular flexibility index (Phi) is 5.49. The van der Waals surface area contributed by atoms with E-state index in [1.165, 1.54) is 24.8 Å². The van der Waals surface area contributed by atoms with Crippen LogP contribution >= 0.6 is 0 Å². The number of hydrogen-bond donors (Lipinski definition) is 0. The van der Waals surface area contributed by atoms with Crippen LogP contribution in [0.4, 0.5) is 0 Å². The van der Waals surface area contributed by atoms with E-state index in [9.17, 15) is 0 Å². The van der Waals surface area contributed by atoms with E-state index in [0.29, 0.717) is 0 Å². The van der Waals surface area contributed by atoms with Gasteiger partial charge in [-0.2, -0.15) is 0 Å². The van der Waals surface area contributed by atoms with E-state index in [0.717, 1.165) is 42.3 Å². The van der Waals surface area contributed by atoms with Crippen molar-refractivity contribution < 1.29 is 9.26 Å². The molecule has 0 aliphatic carbocycles. The molecule has 3 aromatic rings. The Morgan fingerprint density at radius 3 is 2.81 bits per heavy atom. The van der Waals surface area contributed by atoms with Crippen molar-refractivity contribution in [1.82, 2.24) is 15.0 Å². The van der Waals surface area contributed by atoms with Crippen LogP contribution in [-0.4, -0.2) is 28.7 Å². The fourth-order valence-corrected chi connectivity index (χ4v) is 3.76. The molecule has 5 heteroatoms. The minimum absolute atomic E-state index is 0.281. The van der Waals surface area contributed by atoms with E-state index in [1.54, 1.807) is 7.11 Å². The number of aromatic nitrogens is 2. The SMILES string of the molecule is COc1ccc(-c2cc(C3CCCCCN3Cc3cccnc3)no2)cc1. The van der Waals surface area contributed by atoms with Gasteiger partial charge in [-0.25, -0.2) is 0 Å². The molecule has 1 fully saturated rings. The summed E-state index contributed by atoms with van der Waals surface area (Å²) in [5.74, 6) is 1.64. The molecule has 0 amide bonds. The van der Waals surface area contributed by atoms with Crippen molar-refractivity contribution in [2.24, 2.45) is 0 Å². The summed E-state index contributed by atoms with van der Waals surface area (Å²) in [7, 11) is 1.67. The Labute approximate surface area is 160 Å². The number of pyridine rings is 1. The van der Waals surface area contributed by atoms with Gasteiger partial charge in [0.05, 0.1) is 13.2 Å². The number of methoxy groups -OCH3 is 1. The topological polar surface area (TPSA) is 51.4 Å². The van der Waals surface area contributed by atoms with Crippen LogP contribution in [0.3, 0.4) is 0 Å². The maximum absolute atomic E-state index is 5.69. The van der Waals surface area contributed by atoms with E-state index < -0.39 is 0 Å². The average molecular weight is 363 g/mol. The molecule has 0 spiro atoms. The average Bonchev–Trinajstić information content (AvgIpc) is 3.10. The van der Waals surface area contributed by atoms with Gasteiger partial charge in [0.2, 0.25) is 0 Å². The standard InChI is InChI=1S/C22H25N3O2/c1-26-19-10-8-18(9-11-19)22-14-20(24-27-22)21-7-3-2-4-13-25(21)16-17-6-5-12-23-15-17/h5-6,8-12,14-15,21H,2-4,7,13,16H2,1H3. The van der Waals surface area contributed by atoms with E-state index in [-0.39, 0.29) is 6.04 Å². The number of benzene rings is 1. The summed E-state index contributed by atoms with van der Waals surface area (Å²) >= 11 is 0. The van der Waals surface area contributed by atoms with E-state index in [1.807, 2.05) is 42.7 Å². The van der Waals surface area contributed by atoms with Crippen molar-refractivity contribution in [3.63, 3.8) is 0 Å². The molecule has 3 heterocycles. The Morgan fingerprint density at radius 1 is 1.15 bits per heavy atom. The number of nitrogens with zero attached hydrogens (tertiary/aromatic N) is 3. The molecule has 1 saturated heterocycles. The van der Waals surface area contributed by atoms with Gasteiger partial charge in [-0.15, -0.1) is 0 Å². The first-order chi connectivity index (χ1) is 13.3. The van der Waals surface area contributed by atoms with Crippen LogP contribution in [0.5, 0.6) is 5.75 Å². The predicted molar refractivity (Wildman–Crippen MR) is 104 cm³/mol. The molecule has 2 aromatic heterocycles. The minimum atomic E-state index is 0.281. The molecule has 0 radical (unpaired) electrons. The molecule has 1 atom stereocenters. The number of rotatable bonds is 5. The fourth-order valence-electron chi connectivity index (χ4n) is 3.76. The molecule has 1 unspecified atom stereocenters. The molecule has 0 N–H and O–H groups in total. The molecular formula is C22H25N3O2. The van der Waals surface area contributed by atoms with Crippen LogP contribution in [0.25, 0.3) is 11.3 Å². The van der Waals surface area contributed by atoms with Crippen molar-refractivity contribution in [2.45, 2.75) is 38.3 Å². The molecule has 1 aliphatic rings. The quantitative estimate of drug-likeness (QED) is 0.648. The molecular weight excluding hydrogens is 338 g/mol. The summed E-state index contributed by atoms with van der Waals surface area (Å²) in [6, 6.07) is 14.4. The molecule has 0 bridgehead atoms. The van der Waals surface area contributed by atoms with Gasteiger partial charge < -0.3 is 9.26 Å². The third-order valence-corrected chi connectivity index (χ3v) is 5.22. The van der Waals surface area contributed by atoms with Crippen molar-refractivity contribution in [3.8, 4) is 17.1 Å². The lowest BCUT2D eigenvalue weighted by Crippen LogP contribution is -2.28. The third-order valence-electron chi connectivity index (χ3n) is 5.22. The molecule has 140 valence electrons. The summed E-state index contributed by atoms with van der Waals surface area (Å²) in [6.45, 7) is 1.97. The normalized spacial score (nSPS) is 18.2. The van der Waals surface area contributed by atoms with Crippen LogP contribution in [0.15, 0.2) is 59.4 Å². The van der Waals surface area contributed by atoms with Crippen LogP contribution in [-0.2, 0) is 6.54 Å². The van der Waals surface area contributed by atoms with Gasteiger partial charge in [0.1, 0.15) is 11.4 Å². The number of ether oxygens (including phenoxy) is 1. The maximum atomic E-state index is 5.69. The van der Waals surface area contributed by atoms with Gasteiger partial charge in [-0.1, -0.05) is 24.1 Å². The van der Waals surface area contributed by atoms with Gasteiger partial charge >= 0.3 is 0 Å². The van der Waals surface area contributed by atoms with E-state index in [2.05, 4.69) is 27.2 Å². The fraction of sp³-hybridized carbons (Fsp3) is 0.364. The molecule has 1 aliphatic heterocycles. The smallest absolute Gasteiger partial charge is 0.167 e. The van der Waals surface area contributed by atoms with Crippen LogP contribution in [0.1, 0.15) is 43.0 Å². The van der Waals surface area contributed by atoms with Crippen molar-refractivity contribution in [3.05, 3.63) is 66.1 Å². The summed E-state index contributed by atoms with van der Waals surface area (Å²) < 4.78 is 10.9. The lowest BCUT2D eigenvalue weighted by atomic mass is 10.0. The highest BCUT2D eigenvalue weighted by Gasteiger charge is 2.26. The zero-order chi connectivity index (χ0) is 18.5. The van der Waals surface area contributed by atoms with Crippen LogP contribution in [0.2, 0.25) is 0 Å². The van der Waals surface area contributed by atoms with Crippen LogP contribution < -0.4 is 4.74 Å². The molecule has 1 aromatic carbocycles. The van der Waals surface area contributed by atoms with Gasteiger partial charge in [-0.05, 0) is 55.3 Å². The number of hydrogen-bond acceptors (Lipinski definition) is 5. The van der Waals surface area contributed by atoms with Crippen molar-refractivity contribution >= 4 is 0 Å². The molecule has 0 saturated carbocycles. The maximum Gasteiger partial charge on any atom is 0.167 e. The first-order valence-corrected chi connectivity index (χ1v) is 9.57. The molecule has 4 rings (SSSR count). The lowest BCUT2D eigenvalue weighted by Gasteiger charge is -2.28. The Bertz CT molecular complexity index is 846. The van der Waals surface area contributed by atoms with Gasteiger partial charge in [-0.3, -0.25) is 9.88 Å². The second-order valence-corrected chi connectivity index (χ2v) is 7.04. The van der Waals surface area contributed by atoms with Gasteiger partial charge in [0.25, 0.3) is 0 Å². The summed E-state index contributed by atoms with van der Waals surface area (Å²) in [4.78, 5) is 6.77. The van der Waals surface area contributed by atoms with E-state index >= 15 is 0 Å². The number of likely N-dealkylation sites (tertiary alicyclic amines) is 1. The second kappa shape index (κ2) is 8.35. The monoisotopic (exact) mass is 363 g/mol. The van der Waals surface area contributed by atoms with E-state index in [4.69, 9.17) is 9.26 Å². The summed E-state index contributed by atoms with van der Waals surface area (Å²) in [5, 5.41) is 4.43. The lowest BCUT2D eigenvalue weighted by molar-refractivity contribution is 0.184. The summed E-state index contributed by atoms with van der Waals surface area (Å²) in [6.07, 6.45) is 8.59. The van der Waals surface area contributed by atoms with Crippen molar-refractivity contribution in [1.29, 1.82) is 0 Å². The molecule has 27 heavy (non-hydrogen) atoms. The Balaban J connectivity index is 1.56. The highest BCUT2D eigenvalue weighted by Crippen LogP contribution is 2.33. The molecule has 5 nitrogen and oxygen atoms in total. The predicted octanol–water partition coefficient (Wildman–Crippen LogP) is 4.86. The van der Waals surface area contributed by atoms with Crippen molar-refractivity contribution in [2.75, 3.05) is 13.7 Å². The third kappa shape index (κ3) is 4.19. The summed E-state index contributed by atoms with van der Waals surface area (Å²) in [5.41, 5.74) is 3.27. The minimum Gasteiger partial charge on any atom is -0.497 e. The largest absolute Gasteiger partial charge is 0.497 e.